The summed E-state index contributed by atoms with van der Waals surface area (Å²) in [6, 6.07) is 8.72. The van der Waals surface area contributed by atoms with Crippen LogP contribution in [-0.2, 0) is 6.42 Å². The lowest BCUT2D eigenvalue weighted by molar-refractivity contribution is 0.170. The van der Waals surface area contributed by atoms with Crippen molar-refractivity contribution in [1.29, 1.82) is 0 Å². The Bertz CT molecular complexity index is 380. The highest BCUT2D eigenvalue weighted by Gasteiger charge is 2.34. The number of nitrogens with one attached hydrogen (secondary N) is 1. The van der Waals surface area contributed by atoms with Gasteiger partial charge in [0.25, 0.3) is 0 Å². The molecule has 1 nitrogen and oxygen atoms in total. The maximum Gasteiger partial charge on any atom is 0.0207 e. The maximum atomic E-state index is 3.81. The number of benzene rings is 1. The molecule has 1 atom stereocenters. The molecule has 0 aliphatic carbocycles. The second-order valence-corrected chi connectivity index (χ2v) is 6.74. The van der Waals surface area contributed by atoms with Crippen LogP contribution in [0.3, 0.4) is 0 Å². The van der Waals surface area contributed by atoms with Gasteiger partial charge in [-0.3, -0.25) is 0 Å². The Morgan fingerprint density at radius 3 is 2.78 bits per heavy atom. The van der Waals surface area contributed by atoms with Crippen LogP contribution in [0.15, 0.2) is 28.7 Å². The average Bonchev–Trinajstić information content (AvgIpc) is 2.37. The molecule has 1 heterocycles. The Balaban J connectivity index is 2.01. The second kappa shape index (κ2) is 6.21. The third kappa shape index (κ3) is 3.36. The van der Waals surface area contributed by atoms with Gasteiger partial charge < -0.3 is 5.32 Å². The van der Waals surface area contributed by atoms with E-state index in [1.165, 1.54) is 48.7 Å². The summed E-state index contributed by atoms with van der Waals surface area (Å²) in [4.78, 5) is 0. The van der Waals surface area contributed by atoms with Crippen molar-refractivity contribution in [2.24, 2.45) is 5.92 Å². The van der Waals surface area contributed by atoms with Gasteiger partial charge in [0.2, 0.25) is 0 Å². The molecule has 18 heavy (non-hydrogen) atoms. The molecule has 0 saturated carbocycles. The summed E-state index contributed by atoms with van der Waals surface area (Å²) in [6.07, 6.45) is 6.47. The van der Waals surface area contributed by atoms with Crippen LogP contribution in [0.1, 0.15) is 45.1 Å². The normalized spacial score (nSPS) is 24.4. The largest absolute Gasteiger partial charge is 0.311 e. The summed E-state index contributed by atoms with van der Waals surface area (Å²) in [5, 5.41) is 3.81. The zero-order chi connectivity index (χ0) is 13.0. The standard InChI is InChI=1S/C16H24BrN/c1-13(2)16(9-3-4-11-18-16)10-8-14-6-5-7-15(17)12-14/h5-7,12-13,18H,3-4,8-11H2,1-2H3. The molecule has 1 saturated heterocycles. The number of aryl methyl sites for hydroxylation is 1. The average molecular weight is 310 g/mol. The van der Waals surface area contributed by atoms with Gasteiger partial charge in [0, 0.05) is 10.0 Å². The fourth-order valence-corrected chi connectivity index (χ4v) is 3.49. The van der Waals surface area contributed by atoms with Gasteiger partial charge in [0.1, 0.15) is 0 Å². The molecule has 0 aromatic heterocycles. The van der Waals surface area contributed by atoms with Crippen LogP contribution >= 0.6 is 15.9 Å². The molecule has 2 rings (SSSR count). The van der Waals surface area contributed by atoms with E-state index in [0.29, 0.717) is 11.5 Å². The van der Waals surface area contributed by atoms with Crippen LogP contribution < -0.4 is 5.32 Å². The highest BCUT2D eigenvalue weighted by Crippen LogP contribution is 2.32. The maximum absolute atomic E-state index is 3.81. The summed E-state index contributed by atoms with van der Waals surface area (Å²) >= 11 is 3.55. The predicted molar refractivity (Wildman–Crippen MR) is 81.9 cm³/mol. The van der Waals surface area contributed by atoms with E-state index >= 15 is 0 Å². The molecule has 1 aliphatic rings. The first-order valence-corrected chi connectivity index (χ1v) is 7.91. The lowest BCUT2D eigenvalue weighted by atomic mass is 9.75. The molecule has 1 unspecified atom stereocenters. The summed E-state index contributed by atoms with van der Waals surface area (Å²) in [5.41, 5.74) is 1.80. The van der Waals surface area contributed by atoms with Crippen LogP contribution in [0.4, 0.5) is 0 Å². The molecular formula is C16H24BrN. The number of halogens is 1. The zero-order valence-electron chi connectivity index (χ0n) is 11.5. The van der Waals surface area contributed by atoms with Crippen molar-refractivity contribution in [2.45, 2.75) is 51.5 Å². The van der Waals surface area contributed by atoms with E-state index in [4.69, 9.17) is 0 Å². The fraction of sp³-hybridized carbons (Fsp3) is 0.625. The lowest BCUT2D eigenvalue weighted by Crippen LogP contribution is -2.52. The van der Waals surface area contributed by atoms with Crippen LogP contribution in [0, 0.1) is 5.92 Å². The summed E-state index contributed by atoms with van der Waals surface area (Å²) in [5.74, 6) is 0.713. The topological polar surface area (TPSA) is 12.0 Å². The molecular weight excluding hydrogens is 286 g/mol. The van der Waals surface area contributed by atoms with Gasteiger partial charge in [-0.25, -0.2) is 0 Å². The Morgan fingerprint density at radius 2 is 2.17 bits per heavy atom. The quantitative estimate of drug-likeness (QED) is 0.860. The van der Waals surface area contributed by atoms with E-state index < -0.39 is 0 Å². The molecule has 100 valence electrons. The number of hydrogen-bond donors (Lipinski definition) is 1. The van der Waals surface area contributed by atoms with Gasteiger partial charge in [-0.15, -0.1) is 0 Å². The van der Waals surface area contributed by atoms with E-state index in [-0.39, 0.29) is 0 Å². The first-order chi connectivity index (χ1) is 8.62. The molecule has 1 aromatic carbocycles. The van der Waals surface area contributed by atoms with E-state index in [9.17, 15) is 0 Å². The summed E-state index contributed by atoms with van der Waals surface area (Å²) in [7, 11) is 0. The van der Waals surface area contributed by atoms with Crippen LogP contribution in [0.25, 0.3) is 0 Å². The summed E-state index contributed by atoms with van der Waals surface area (Å²) in [6.45, 7) is 5.91. The predicted octanol–water partition coefficient (Wildman–Crippen LogP) is 4.55. The van der Waals surface area contributed by atoms with Crippen molar-refractivity contribution in [3.05, 3.63) is 34.3 Å². The minimum Gasteiger partial charge on any atom is -0.311 e. The molecule has 0 radical (unpaired) electrons. The molecule has 2 heteroatoms. The van der Waals surface area contributed by atoms with E-state index in [0.717, 1.165) is 0 Å². The number of piperidine rings is 1. The Kier molecular flexibility index (Phi) is 4.85. The third-order valence-corrected chi connectivity index (χ3v) is 4.87. The molecule has 1 aromatic rings. The first-order valence-electron chi connectivity index (χ1n) is 7.12. The van der Waals surface area contributed by atoms with Crippen molar-refractivity contribution < 1.29 is 0 Å². The van der Waals surface area contributed by atoms with E-state index in [1.807, 2.05) is 0 Å². The minimum atomic E-state index is 0.362. The van der Waals surface area contributed by atoms with Crippen molar-refractivity contribution in [3.8, 4) is 0 Å². The lowest BCUT2D eigenvalue weighted by Gasteiger charge is -2.42. The van der Waals surface area contributed by atoms with Gasteiger partial charge in [-0.05, 0) is 55.8 Å². The molecule has 1 fully saturated rings. The zero-order valence-corrected chi connectivity index (χ0v) is 13.1. The van der Waals surface area contributed by atoms with Crippen LogP contribution in [0.5, 0.6) is 0 Å². The number of hydrogen-bond acceptors (Lipinski definition) is 1. The summed E-state index contributed by atoms with van der Waals surface area (Å²) < 4.78 is 1.19. The van der Waals surface area contributed by atoms with Crippen LogP contribution in [0.2, 0.25) is 0 Å². The van der Waals surface area contributed by atoms with Gasteiger partial charge >= 0.3 is 0 Å². The van der Waals surface area contributed by atoms with Crippen molar-refractivity contribution in [3.63, 3.8) is 0 Å². The second-order valence-electron chi connectivity index (χ2n) is 5.82. The molecule has 0 bridgehead atoms. The molecule has 0 amide bonds. The smallest absolute Gasteiger partial charge is 0.0207 e. The SMILES string of the molecule is CC(C)C1(CCc2cccc(Br)c2)CCCCN1. The Morgan fingerprint density at radius 1 is 1.33 bits per heavy atom. The Hall–Kier alpha value is -0.340. The monoisotopic (exact) mass is 309 g/mol. The molecule has 1 aliphatic heterocycles. The van der Waals surface area contributed by atoms with E-state index in [1.54, 1.807) is 0 Å². The number of rotatable bonds is 4. The fourth-order valence-electron chi connectivity index (χ4n) is 3.05. The van der Waals surface area contributed by atoms with Crippen molar-refractivity contribution in [1.82, 2.24) is 5.32 Å². The van der Waals surface area contributed by atoms with Gasteiger partial charge in [0.05, 0.1) is 0 Å². The van der Waals surface area contributed by atoms with Gasteiger partial charge in [0.15, 0.2) is 0 Å². The minimum absolute atomic E-state index is 0.362. The van der Waals surface area contributed by atoms with Crippen molar-refractivity contribution >= 4 is 15.9 Å². The first kappa shape index (κ1) is 14.1. The van der Waals surface area contributed by atoms with Gasteiger partial charge in [-0.1, -0.05) is 48.3 Å². The highest BCUT2D eigenvalue weighted by molar-refractivity contribution is 9.10. The highest BCUT2D eigenvalue weighted by atomic mass is 79.9. The van der Waals surface area contributed by atoms with Crippen molar-refractivity contribution in [2.75, 3.05) is 6.54 Å². The molecule has 0 spiro atoms. The van der Waals surface area contributed by atoms with Crippen LogP contribution in [-0.4, -0.2) is 12.1 Å². The van der Waals surface area contributed by atoms with E-state index in [2.05, 4.69) is 59.4 Å². The molecule has 1 N–H and O–H groups in total. The third-order valence-electron chi connectivity index (χ3n) is 4.38. The Labute approximate surface area is 119 Å². The van der Waals surface area contributed by atoms with Gasteiger partial charge in [-0.2, -0.15) is 0 Å².